The zero-order valence-corrected chi connectivity index (χ0v) is 7.74. The van der Waals surface area contributed by atoms with E-state index in [9.17, 15) is 18.7 Å². The van der Waals surface area contributed by atoms with Crippen molar-refractivity contribution in [2.45, 2.75) is 18.4 Å². The third kappa shape index (κ3) is 5.75. The Morgan fingerprint density at radius 3 is 2.67 bits per heavy atom. The van der Waals surface area contributed by atoms with Crippen molar-refractivity contribution in [1.29, 1.82) is 0 Å². The molecule has 0 spiro atoms. The lowest BCUT2D eigenvalue weighted by molar-refractivity contribution is -0.443. The number of carboxylic acid groups (broad SMARTS) is 1. The van der Waals surface area contributed by atoms with Crippen LogP contribution in [0.15, 0.2) is 4.99 Å². The van der Waals surface area contributed by atoms with Crippen LogP contribution >= 0.6 is 0 Å². The summed E-state index contributed by atoms with van der Waals surface area (Å²) in [5.74, 6) is -5.61. The van der Waals surface area contributed by atoms with Crippen LogP contribution in [0.25, 0.3) is 0 Å². The van der Waals surface area contributed by atoms with Gasteiger partial charge >= 0.3 is 0 Å². The van der Waals surface area contributed by atoms with Crippen LogP contribution in [0.2, 0.25) is 0 Å². The highest BCUT2D eigenvalue weighted by atomic mass is 19.3. The minimum atomic E-state index is -3.37. The summed E-state index contributed by atoms with van der Waals surface area (Å²) < 4.78 is 25.9. The molecule has 0 saturated carbocycles. The van der Waals surface area contributed by atoms with Crippen LogP contribution in [0.5, 0.6) is 0 Å². The summed E-state index contributed by atoms with van der Waals surface area (Å²) in [6.45, 7) is -1.04. The van der Waals surface area contributed by atoms with Crippen molar-refractivity contribution in [2.24, 2.45) is 10.7 Å². The first-order valence-corrected chi connectivity index (χ1v) is 3.90. The van der Waals surface area contributed by atoms with Gasteiger partial charge in [0.2, 0.25) is 5.96 Å². The van der Waals surface area contributed by atoms with Crippen molar-refractivity contribution in [1.82, 2.24) is 5.48 Å². The SMILES string of the molecule is NC(=NCC(F)(F)C[C@H]([NH3+])C(=O)[O-])NO. The molecule has 9 heteroatoms. The van der Waals surface area contributed by atoms with Gasteiger partial charge in [-0.1, -0.05) is 0 Å². The maximum absolute atomic E-state index is 12.9. The van der Waals surface area contributed by atoms with Gasteiger partial charge in [-0.2, -0.15) is 0 Å². The molecule has 0 aliphatic heterocycles. The molecule has 0 bridgehead atoms. The Kier molecular flexibility index (Phi) is 4.88. The number of nitrogens with zero attached hydrogens (tertiary/aromatic N) is 1. The fraction of sp³-hybridized carbons (Fsp3) is 0.667. The Morgan fingerprint density at radius 2 is 2.27 bits per heavy atom. The Bertz CT molecular complexity index is 259. The lowest BCUT2D eigenvalue weighted by Gasteiger charge is -2.17. The van der Waals surface area contributed by atoms with E-state index in [1.807, 2.05) is 0 Å². The summed E-state index contributed by atoms with van der Waals surface area (Å²) >= 11 is 0. The number of carbonyl (C=O) groups excluding carboxylic acids is 1. The maximum Gasteiger partial charge on any atom is 0.273 e. The highest BCUT2D eigenvalue weighted by Gasteiger charge is 2.33. The van der Waals surface area contributed by atoms with Gasteiger partial charge in [-0.25, -0.2) is 19.3 Å². The molecule has 0 aromatic heterocycles. The van der Waals surface area contributed by atoms with Crippen molar-refractivity contribution in [3.63, 3.8) is 0 Å². The van der Waals surface area contributed by atoms with Crippen LogP contribution in [-0.2, 0) is 4.79 Å². The molecule has 0 heterocycles. The second-order valence-electron chi connectivity index (χ2n) is 2.89. The number of guanidine groups is 1. The van der Waals surface area contributed by atoms with E-state index in [0.29, 0.717) is 0 Å². The van der Waals surface area contributed by atoms with Gasteiger partial charge in [-0.3, -0.25) is 5.21 Å². The quantitative estimate of drug-likeness (QED) is 0.220. The number of carboxylic acids is 1. The van der Waals surface area contributed by atoms with E-state index in [4.69, 9.17) is 10.9 Å². The highest BCUT2D eigenvalue weighted by Crippen LogP contribution is 2.19. The zero-order valence-electron chi connectivity index (χ0n) is 7.74. The number of quaternary nitrogens is 1. The largest absolute Gasteiger partial charge is 0.544 e. The number of alkyl halides is 2. The molecule has 0 rings (SSSR count). The number of nitrogens with one attached hydrogen (secondary N) is 1. The summed E-state index contributed by atoms with van der Waals surface area (Å²) in [6, 6.07) is -1.53. The molecule has 1 atom stereocenters. The topological polar surface area (TPSA) is 138 Å². The standard InChI is InChI=1S/C6H12F2N4O3/c7-6(8,1-3(9)4(13)14)2-11-5(10)12-15/h3,15H,1-2,9H2,(H,13,14)(H3,10,11,12)/t3-/m0/s1. The van der Waals surface area contributed by atoms with Crippen molar-refractivity contribution >= 4 is 11.9 Å². The first-order chi connectivity index (χ1) is 6.78. The summed E-state index contributed by atoms with van der Waals surface area (Å²) in [6.07, 6.45) is -1.00. The van der Waals surface area contributed by atoms with Gasteiger partial charge < -0.3 is 21.4 Å². The lowest BCUT2D eigenvalue weighted by atomic mass is 10.1. The predicted molar refractivity (Wildman–Crippen MR) is 42.7 cm³/mol. The van der Waals surface area contributed by atoms with Gasteiger partial charge in [0, 0.05) is 0 Å². The molecule has 0 amide bonds. The number of hydrogen-bond acceptors (Lipinski definition) is 4. The molecule has 0 aromatic carbocycles. The van der Waals surface area contributed by atoms with Crippen molar-refractivity contribution in [2.75, 3.05) is 6.54 Å². The molecule has 0 aliphatic carbocycles. The van der Waals surface area contributed by atoms with Crippen LogP contribution in [0.3, 0.4) is 0 Å². The van der Waals surface area contributed by atoms with Crippen LogP contribution < -0.4 is 22.1 Å². The fourth-order valence-electron chi connectivity index (χ4n) is 0.745. The molecule has 0 saturated heterocycles. The van der Waals surface area contributed by atoms with Gasteiger partial charge in [0.15, 0.2) is 0 Å². The summed E-state index contributed by atoms with van der Waals surface area (Å²) in [5, 5.41) is 18.3. The van der Waals surface area contributed by atoms with E-state index >= 15 is 0 Å². The molecule has 0 unspecified atom stereocenters. The van der Waals surface area contributed by atoms with Gasteiger partial charge in [-0.05, 0) is 0 Å². The van der Waals surface area contributed by atoms with Gasteiger partial charge in [0.25, 0.3) is 5.92 Å². The van der Waals surface area contributed by atoms with E-state index in [1.165, 1.54) is 5.48 Å². The minimum absolute atomic E-state index is 0.580. The number of aliphatic imine (C=N–C) groups is 1. The monoisotopic (exact) mass is 226 g/mol. The third-order valence-electron chi connectivity index (χ3n) is 1.47. The van der Waals surface area contributed by atoms with Gasteiger partial charge in [0.05, 0.1) is 12.4 Å². The number of rotatable bonds is 5. The molecule has 0 radical (unpaired) electrons. The normalized spacial score (nSPS) is 14.8. The molecule has 0 aromatic rings. The second kappa shape index (κ2) is 5.41. The predicted octanol–water partition coefficient (Wildman–Crippen LogP) is -3.33. The molecule has 7 nitrogen and oxygen atoms in total. The Labute approximate surface area is 83.7 Å². The van der Waals surface area contributed by atoms with Crippen molar-refractivity contribution in [3.05, 3.63) is 0 Å². The Hall–Kier alpha value is -1.48. The molecule has 15 heavy (non-hydrogen) atoms. The van der Waals surface area contributed by atoms with E-state index < -0.39 is 36.9 Å². The number of carbonyl (C=O) groups is 1. The second-order valence-corrected chi connectivity index (χ2v) is 2.89. The number of aliphatic carboxylic acids is 1. The van der Waals surface area contributed by atoms with Crippen LogP contribution in [-0.4, -0.2) is 35.6 Å². The van der Waals surface area contributed by atoms with Crippen LogP contribution in [0, 0.1) is 0 Å². The van der Waals surface area contributed by atoms with E-state index in [1.54, 1.807) is 0 Å². The number of hydroxylamine groups is 1. The number of nitrogens with two attached hydrogens (primary N) is 1. The van der Waals surface area contributed by atoms with E-state index in [-0.39, 0.29) is 0 Å². The van der Waals surface area contributed by atoms with Crippen molar-refractivity contribution < 1.29 is 29.6 Å². The lowest BCUT2D eigenvalue weighted by Crippen LogP contribution is -2.69. The Balaban J connectivity index is 4.24. The smallest absolute Gasteiger partial charge is 0.273 e. The van der Waals surface area contributed by atoms with Gasteiger partial charge in [0.1, 0.15) is 12.6 Å². The average Bonchev–Trinajstić information content (AvgIpc) is 2.13. The summed E-state index contributed by atoms with van der Waals surface area (Å²) in [7, 11) is 0. The maximum atomic E-state index is 12.9. The van der Waals surface area contributed by atoms with E-state index in [0.717, 1.165) is 0 Å². The van der Waals surface area contributed by atoms with Crippen LogP contribution in [0.1, 0.15) is 6.42 Å². The molecule has 7 N–H and O–H groups in total. The molecule has 88 valence electrons. The molecule has 0 fully saturated rings. The number of hydrogen-bond donors (Lipinski definition) is 4. The van der Waals surface area contributed by atoms with E-state index in [2.05, 4.69) is 10.7 Å². The summed E-state index contributed by atoms with van der Waals surface area (Å²) in [5.41, 5.74) is 9.23. The third-order valence-corrected chi connectivity index (χ3v) is 1.47. The first kappa shape index (κ1) is 13.5. The minimum Gasteiger partial charge on any atom is -0.544 e. The summed E-state index contributed by atoms with van der Waals surface area (Å²) in [4.78, 5) is 13.2. The first-order valence-electron chi connectivity index (χ1n) is 3.90. The number of halogens is 2. The van der Waals surface area contributed by atoms with Gasteiger partial charge in [-0.15, -0.1) is 0 Å². The Morgan fingerprint density at radius 1 is 1.73 bits per heavy atom. The van der Waals surface area contributed by atoms with Crippen LogP contribution in [0.4, 0.5) is 8.78 Å². The zero-order chi connectivity index (χ0) is 12.1. The fourth-order valence-corrected chi connectivity index (χ4v) is 0.745. The molecular formula is C6H12F2N4O3. The van der Waals surface area contributed by atoms with Crippen molar-refractivity contribution in [3.8, 4) is 0 Å². The molecular weight excluding hydrogens is 214 g/mol. The molecule has 0 aliphatic rings. The average molecular weight is 226 g/mol. The highest BCUT2D eigenvalue weighted by molar-refractivity contribution is 5.76.